The third kappa shape index (κ3) is 2.60. The largest absolute Gasteiger partial charge is 0.463 e. The predicted octanol–water partition coefficient (Wildman–Crippen LogP) is 2.11. The zero-order valence-corrected chi connectivity index (χ0v) is 12.1. The van der Waals surface area contributed by atoms with Crippen LogP contribution in [0.4, 0.5) is 5.69 Å². The van der Waals surface area contributed by atoms with Gasteiger partial charge in [-0.25, -0.2) is 4.99 Å². The summed E-state index contributed by atoms with van der Waals surface area (Å²) >= 11 is 0. The summed E-state index contributed by atoms with van der Waals surface area (Å²) in [5.41, 5.74) is 10.0. The molecular formula is C16H23N3O. The van der Waals surface area contributed by atoms with Crippen LogP contribution in [0, 0.1) is 0 Å². The molecule has 0 amide bonds. The molecule has 4 heteroatoms. The summed E-state index contributed by atoms with van der Waals surface area (Å²) in [4.78, 5) is 6.76. The zero-order chi connectivity index (χ0) is 13.9. The highest BCUT2D eigenvalue weighted by atomic mass is 16.5. The van der Waals surface area contributed by atoms with Gasteiger partial charge in [0.25, 0.3) is 6.02 Å². The van der Waals surface area contributed by atoms with Crippen molar-refractivity contribution in [1.82, 2.24) is 0 Å². The molecule has 20 heavy (non-hydrogen) atoms. The average molecular weight is 273 g/mol. The van der Waals surface area contributed by atoms with Crippen LogP contribution < -0.4 is 10.6 Å². The van der Waals surface area contributed by atoms with E-state index < -0.39 is 0 Å². The van der Waals surface area contributed by atoms with Crippen molar-refractivity contribution in [2.24, 2.45) is 10.7 Å². The molecule has 108 valence electrons. The van der Waals surface area contributed by atoms with Gasteiger partial charge in [-0.2, -0.15) is 0 Å². The molecule has 0 saturated carbocycles. The molecule has 2 N–H and O–H groups in total. The van der Waals surface area contributed by atoms with Crippen LogP contribution in [-0.4, -0.2) is 31.8 Å². The van der Waals surface area contributed by atoms with E-state index in [1.54, 1.807) is 0 Å². The van der Waals surface area contributed by atoms with Gasteiger partial charge >= 0.3 is 0 Å². The minimum absolute atomic E-state index is 0.161. The average Bonchev–Trinajstić information content (AvgIpc) is 2.89. The lowest BCUT2D eigenvalue weighted by Crippen LogP contribution is -2.33. The molecule has 1 atom stereocenters. The van der Waals surface area contributed by atoms with E-state index >= 15 is 0 Å². The SMILES string of the molecule is CCN(C[C@H]1COC(N)=N1)c1cccc2c1CCCC2. The highest BCUT2D eigenvalue weighted by molar-refractivity contribution is 5.73. The molecule has 2 aliphatic rings. The van der Waals surface area contributed by atoms with E-state index in [-0.39, 0.29) is 6.04 Å². The number of rotatable bonds is 4. The molecule has 1 heterocycles. The third-order valence-electron chi connectivity index (χ3n) is 4.26. The molecule has 0 bridgehead atoms. The Morgan fingerprint density at radius 1 is 1.35 bits per heavy atom. The Morgan fingerprint density at radius 2 is 2.20 bits per heavy atom. The van der Waals surface area contributed by atoms with Crippen LogP contribution in [-0.2, 0) is 17.6 Å². The molecule has 0 saturated heterocycles. The monoisotopic (exact) mass is 273 g/mol. The smallest absolute Gasteiger partial charge is 0.282 e. The minimum Gasteiger partial charge on any atom is -0.463 e. The molecule has 0 radical (unpaired) electrons. The van der Waals surface area contributed by atoms with Gasteiger partial charge in [-0.05, 0) is 49.8 Å². The molecule has 0 fully saturated rings. The number of aliphatic imine (C=N–C) groups is 1. The van der Waals surface area contributed by atoms with Gasteiger partial charge < -0.3 is 15.4 Å². The number of anilines is 1. The van der Waals surface area contributed by atoms with Crippen molar-refractivity contribution in [1.29, 1.82) is 0 Å². The molecule has 0 spiro atoms. The van der Waals surface area contributed by atoms with Crippen molar-refractivity contribution in [2.45, 2.75) is 38.6 Å². The zero-order valence-electron chi connectivity index (χ0n) is 12.1. The molecule has 0 aromatic heterocycles. The number of nitrogens with zero attached hydrogens (tertiary/aromatic N) is 2. The van der Waals surface area contributed by atoms with Crippen LogP contribution in [0.1, 0.15) is 30.9 Å². The van der Waals surface area contributed by atoms with E-state index in [2.05, 4.69) is 35.0 Å². The van der Waals surface area contributed by atoms with Crippen molar-refractivity contribution in [3.05, 3.63) is 29.3 Å². The first kappa shape index (κ1) is 13.3. The van der Waals surface area contributed by atoms with Crippen molar-refractivity contribution in [3.8, 4) is 0 Å². The Kier molecular flexibility index (Phi) is 3.81. The second-order valence-corrected chi connectivity index (χ2v) is 5.59. The number of likely N-dealkylation sites (N-methyl/N-ethyl adjacent to an activating group) is 1. The summed E-state index contributed by atoms with van der Waals surface area (Å²) in [6, 6.07) is 7.21. The number of amidine groups is 1. The lowest BCUT2D eigenvalue weighted by Gasteiger charge is -2.29. The van der Waals surface area contributed by atoms with Crippen molar-refractivity contribution < 1.29 is 4.74 Å². The van der Waals surface area contributed by atoms with E-state index in [0.29, 0.717) is 12.6 Å². The number of ether oxygens (including phenoxy) is 1. The minimum atomic E-state index is 0.161. The van der Waals surface area contributed by atoms with Gasteiger partial charge in [0.1, 0.15) is 12.6 Å². The molecule has 4 nitrogen and oxygen atoms in total. The topological polar surface area (TPSA) is 50.9 Å². The maximum Gasteiger partial charge on any atom is 0.282 e. The van der Waals surface area contributed by atoms with Gasteiger partial charge in [-0.1, -0.05) is 12.1 Å². The van der Waals surface area contributed by atoms with Gasteiger partial charge in [-0.15, -0.1) is 0 Å². The standard InChI is InChI=1S/C16H23N3O/c1-2-19(10-13-11-20-16(17)18-13)15-9-5-7-12-6-3-4-8-14(12)15/h5,7,9,13H,2-4,6,8,10-11H2,1H3,(H2,17,18)/t13-/m0/s1. The van der Waals surface area contributed by atoms with Gasteiger partial charge in [0.15, 0.2) is 0 Å². The van der Waals surface area contributed by atoms with Crippen molar-refractivity contribution in [2.75, 3.05) is 24.6 Å². The number of fused-ring (bicyclic) bond motifs is 1. The summed E-state index contributed by atoms with van der Waals surface area (Å²) in [5.74, 6) is 0. The van der Waals surface area contributed by atoms with Gasteiger partial charge in [0.05, 0.1) is 0 Å². The van der Waals surface area contributed by atoms with Crippen LogP contribution >= 0.6 is 0 Å². The fourth-order valence-electron chi connectivity index (χ4n) is 3.24. The Bertz CT molecular complexity index is 512. The molecule has 1 aromatic rings. The first-order valence-corrected chi connectivity index (χ1v) is 7.59. The Labute approximate surface area is 120 Å². The van der Waals surface area contributed by atoms with Crippen LogP contribution in [0.15, 0.2) is 23.2 Å². The van der Waals surface area contributed by atoms with Crippen LogP contribution in [0.2, 0.25) is 0 Å². The molecular weight excluding hydrogens is 250 g/mol. The summed E-state index contributed by atoms with van der Waals surface area (Å²) in [6.07, 6.45) is 5.05. The molecule has 0 unspecified atom stereocenters. The second kappa shape index (κ2) is 5.73. The van der Waals surface area contributed by atoms with Crippen LogP contribution in [0.3, 0.4) is 0 Å². The number of aryl methyl sites for hydroxylation is 1. The third-order valence-corrected chi connectivity index (χ3v) is 4.26. The van der Waals surface area contributed by atoms with Crippen LogP contribution in [0.25, 0.3) is 0 Å². The quantitative estimate of drug-likeness (QED) is 0.914. The molecule has 1 aliphatic carbocycles. The first-order chi connectivity index (χ1) is 9.78. The maximum absolute atomic E-state index is 5.60. The fraction of sp³-hybridized carbons (Fsp3) is 0.562. The predicted molar refractivity (Wildman–Crippen MR) is 82.3 cm³/mol. The van der Waals surface area contributed by atoms with Crippen molar-refractivity contribution >= 4 is 11.7 Å². The lowest BCUT2D eigenvalue weighted by atomic mass is 9.90. The number of hydrogen-bond donors (Lipinski definition) is 1. The Morgan fingerprint density at radius 3 is 2.95 bits per heavy atom. The number of hydrogen-bond acceptors (Lipinski definition) is 4. The summed E-state index contributed by atoms with van der Waals surface area (Å²) < 4.78 is 5.26. The summed E-state index contributed by atoms with van der Waals surface area (Å²) in [7, 11) is 0. The van der Waals surface area contributed by atoms with Crippen molar-refractivity contribution in [3.63, 3.8) is 0 Å². The van der Waals surface area contributed by atoms with E-state index in [9.17, 15) is 0 Å². The summed E-state index contributed by atoms with van der Waals surface area (Å²) in [5, 5.41) is 0. The Balaban J connectivity index is 1.82. The van der Waals surface area contributed by atoms with E-state index in [1.165, 1.54) is 42.5 Å². The van der Waals surface area contributed by atoms with E-state index in [0.717, 1.165) is 13.1 Å². The highest BCUT2D eigenvalue weighted by Gasteiger charge is 2.22. The second-order valence-electron chi connectivity index (χ2n) is 5.59. The molecule has 1 aromatic carbocycles. The normalized spacial score (nSPS) is 21.1. The number of benzene rings is 1. The maximum atomic E-state index is 5.60. The first-order valence-electron chi connectivity index (χ1n) is 7.59. The summed E-state index contributed by atoms with van der Waals surface area (Å²) in [6.45, 7) is 4.68. The molecule has 1 aliphatic heterocycles. The molecule has 3 rings (SSSR count). The Hall–Kier alpha value is -1.71. The van der Waals surface area contributed by atoms with Gasteiger partial charge in [-0.3, -0.25) is 0 Å². The van der Waals surface area contributed by atoms with Crippen LogP contribution in [0.5, 0.6) is 0 Å². The van der Waals surface area contributed by atoms with Gasteiger partial charge in [0.2, 0.25) is 0 Å². The van der Waals surface area contributed by atoms with E-state index in [4.69, 9.17) is 10.5 Å². The van der Waals surface area contributed by atoms with Gasteiger partial charge in [0, 0.05) is 18.8 Å². The fourth-order valence-corrected chi connectivity index (χ4v) is 3.24. The highest BCUT2D eigenvalue weighted by Crippen LogP contribution is 2.30. The van der Waals surface area contributed by atoms with E-state index in [1.807, 2.05) is 0 Å². The number of nitrogens with two attached hydrogens (primary N) is 1. The lowest BCUT2D eigenvalue weighted by molar-refractivity contribution is 0.313.